The first-order valence-corrected chi connectivity index (χ1v) is 18.8. The fourth-order valence-corrected chi connectivity index (χ4v) is 8.70. The van der Waals surface area contributed by atoms with Crippen molar-refractivity contribution in [2.24, 2.45) is 11.8 Å². The number of carboxylic acid groups (broad SMARTS) is 3. The van der Waals surface area contributed by atoms with E-state index < -0.39 is 116 Å². The molecule has 2 unspecified atom stereocenters. The standard InChI is InChI=1S/C33H43N5O15S/c1-4-11-21(31(45)51-5-2)34-18(3)27(40)37-22-15-10-9-12-19(22)16-33(37,32(46)47)24(29(41)42)25(30(43)44)35-23(39)17-52-26-28(38(48)53-36-26)54(49,50)20-13-7-6-8-14-20/h6-8,13-14,18-19,21-22,24-25,34H,4-5,9-12,15-17H2,1-3H3,(H,35,39)(H,41,42)(H,43,44)(H,46,47)/t18-,19-,21-,22-,24?,25?,33-/m0/s1. The Hall–Kier alpha value is -5.31. The van der Waals surface area contributed by atoms with Crippen LogP contribution in [-0.2, 0) is 43.3 Å². The lowest BCUT2D eigenvalue weighted by molar-refractivity contribution is -0.832. The number of carbonyl (C=O) groups is 6. The molecule has 1 saturated carbocycles. The second-order valence-corrected chi connectivity index (χ2v) is 14.9. The molecule has 1 aromatic heterocycles. The molecule has 2 aliphatic rings. The minimum absolute atomic E-state index is 0.0554. The second-order valence-electron chi connectivity index (χ2n) is 13.1. The van der Waals surface area contributed by atoms with Gasteiger partial charge in [-0.3, -0.25) is 29.1 Å². The van der Waals surface area contributed by atoms with Gasteiger partial charge in [0.1, 0.15) is 18.0 Å². The highest BCUT2D eigenvalue weighted by molar-refractivity contribution is 7.91. The van der Waals surface area contributed by atoms with Gasteiger partial charge in [-0.05, 0) is 62.5 Å². The van der Waals surface area contributed by atoms with Crippen LogP contribution in [0.4, 0.5) is 0 Å². The Kier molecular flexibility index (Phi) is 13.2. The molecular weight excluding hydrogens is 738 g/mol. The number of nitrogens with one attached hydrogen (secondary N) is 2. The summed E-state index contributed by atoms with van der Waals surface area (Å²) in [6.07, 6.45) is 2.18. The van der Waals surface area contributed by atoms with Crippen molar-refractivity contribution in [3.63, 3.8) is 0 Å². The van der Waals surface area contributed by atoms with E-state index in [0.717, 1.165) is 17.0 Å². The Morgan fingerprint density at radius 1 is 1.07 bits per heavy atom. The summed E-state index contributed by atoms with van der Waals surface area (Å²) >= 11 is 0. The van der Waals surface area contributed by atoms with Crippen LogP contribution in [0.2, 0.25) is 0 Å². The average molecular weight is 782 g/mol. The minimum Gasteiger partial charge on any atom is -0.481 e. The SMILES string of the molecule is CCC[C@H](N[C@@H](C)C(=O)N1[C@H]2CCCC[C@H]2C[C@@]1(C(=O)O)C(C(=O)O)C(NC(=O)COc1no[n+]([O-])c1S(=O)(=O)c1ccccc1)C(=O)O)C(=O)OCC. The highest BCUT2D eigenvalue weighted by Crippen LogP contribution is 2.50. The van der Waals surface area contributed by atoms with Crippen molar-refractivity contribution >= 4 is 45.5 Å². The maximum absolute atomic E-state index is 14.4. The van der Waals surface area contributed by atoms with Crippen LogP contribution < -0.4 is 20.3 Å². The highest BCUT2D eigenvalue weighted by Gasteiger charge is 2.67. The van der Waals surface area contributed by atoms with Crippen LogP contribution in [-0.4, -0.2) is 112 Å². The van der Waals surface area contributed by atoms with Gasteiger partial charge < -0.3 is 40.2 Å². The molecule has 2 aromatic rings. The number of esters is 1. The number of hydrogen-bond donors (Lipinski definition) is 5. The molecule has 0 spiro atoms. The molecule has 1 aliphatic carbocycles. The van der Waals surface area contributed by atoms with E-state index in [1.54, 1.807) is 13.8 Å². The third-order valence-corrected chi connectivity index (χ3v) is 11.4. The summed E-state index contributed by atoms with van der Waals surface area (Å²) < 4.78 is 40.8. The quantitative estimate of drug-likeness (QED) is 0.0991. The van der Waals surface area contributed by atoms with Gasteiger partial charge in [-0.2, -0.15) is 0 Å². The van der Waals surface area contributed by atoms with Gasteiger partial charge in [0, 0.05) is 6.04 Å². The van der Waals surface area contributed by atoms with E-state index in [2.05, 4.69) is 15.1 Å². The van der Waals surface area contributed by atoms with E-state index in [9.17, 15) is 57.7 Å². The molecule has 1 aliphatic heterocycles. The number of aromatic nitrogens is 2. The molecule has 1 aromatic carbocycles. The van der Waals surface area contributed by atoms with Gasteiger partial charge in [-0.1, -0.05) is 44.4 Å². The number of ether oxygens (including phenoxy) is 2. The van der Waals surface area contributed by atoms with Crippen molar-refractivity contribution in [1.29, 1.82) is 0 Å². The number of benzene rings is 1. The van der Waals surface area contributed by atoms with Gasteiger partial charge in [0.15, 0.2) is 12.1 Å². The first kappa shape index (κ1) is 41.4. The van der Waals surface area contributed by atoms with Gasteiger partial charge in [0.05, 0.1) is 22.7 Å². The molecule has 20 nitrogen and oxygen atoms in total. The molecule has 0 radical (unpaired) electrons. The molecule has 296 valence electrons. The Morgan fingerprint density at radius 3 is 2.33 bits per heavy atom. The number of carboxylic acids is 3. The van der Waals surface area contributed by atoms with Gasteiger partial charge >= 0.3 is 34.8 Å². The van der Waals surface area contributed by atoms with Crippen LogP contribution in [0.5, 0.6) is 5.88 Å². The van der Waals surface area contributed by atoms with Crippen molar-refractivity contribution in [3.05, 3.63) is 35.5 Å². The number of hydrogen-bond acceptors (Lipinski definition) is 14. The zero-order chi connectivity index (χ0) is 40.0. The summed E-state index contributed by atoms with van der Waals surface area (Å²) in [6.45, 7) is 3.59. The normalized spacial score (nSPS) is 21.9. The molecule has 2 fully saturated rings. The topological polar surface area (TPSA) is 296 Å². The van der Waals surface area contributed by atoms with Crippen LogP contribution in [0, 0.1) is 17.0 Å². The molecule has 2 amide bonds. The van der Waals surface area contributed by atoms with E-state index in [-0.39, 0.29) is 24.3 Å². The van der Waals surface area contributed by atoms with Crippen LogP contribution in [0.15, 0.2) is 44.9 Å². The van der Waals surface area contributed by atoms with E-state index in [4.69, 9.17) is 9.47 Å². The molecule has 4 rings (SSSR count). The van der Waals surface area contributed by atoms with Gasteiger partial charge in [0.2, 0.25) is 5.91 Å². The van der Waals surface area contributed by atoms with E-state index in [1.807, 2.05) is 5.32 Å². The van der Waals surface area contributed by atoms with E-state index >= 15 is 0 Å². The smallest absolute Gasteiger partial charge is 0.415 e. The first-order valence-electron chi connectivity index (χ1n) is 17.3. The summed E-state index contributed by atoms with van der Waals surface area (Å²) in [5.41, 5.74) is -2.71. The zero-order valence-electron chi connectivity index (χ0n) is 29.7. The number of aliphatic carboxylic acids is 3. The number of sulfone groups is 1. The number of rotatable bonds is 18. The Morgan fingerprint density at radius 2 is 1.74 bits per heavy atom. The molecule has 1 saturated heterocycles. The zero-order valence-corrected chi connectivity index (χ0v) is 30.5. The third-order valence-electron chi connectivity index (χ3n) is 9.67. The lowest BCUT2D eigenvalue weighted by Crippen LogP contribution is -2.69. The van der Waals surface area contributed by atoms with Crippen molar-refractivity contribution in [2.75, 3.05) is 13.2 Å². The van der Waals surface area contributed by atoms with Crippen molar-refractivity contribution in [1.82, 2.24) is 20.7 Å². The Bertz CT molecular complexity index is 1840. The number of likely N-dealkylation sites (tertiary alicyclic amines) is 1. The van der Waals surface area contributed by atoms with Gasteiger partial charge in [-0.15, -0.1) is 0 Å². The van der Waals surface area contributed by atoms with E-state index in [0.29, 0.717) is 25.7 Å². The molecule has 0 bridgehead atoms. The average Bonchev–Trinajstić information content (AvgIpc) is 3.68. The molecule has 5 N–H and O–H groups in total. The number of nitrogens with zero attached hydrogens (tertiary/aromatic N) is 3. The summed E-state index contributed by atoms with van der Waals surface area (Å²) in [5, 5.41) is 51.0. The van der Waals surface area contributed by atoms with E-state index in [1.165, 1.54) is 25.1 Å². The molecule has 7 atom stereocenters. The summed E-state index contributed by atoms with van der Waals surface area (Å²) in [5.74, 6) is -12.7. The monoisotopic (exact) mass is 781 g/mol. The summed E-state index contributed by atoms with van der Waals surface area (Å²) in [6, 6.07) is 1.04. The molecule has 54 heavy (non-hydrogen) atoms. The molecule has 2 heterocycles. The van der Waals surface area contributed by atoms with Crippen LogP contribution in [0.1, 0.15) is 65.7 Å². The minimum atomic E-state index is -4.61. The second kappa shape index (κ2) is 17.2. The number of amides is 2. The predicted octanol–water partition coefficient (Wildman–Crippen LogP) is 0.114. The lowest BCUT2D eigenvalue weighted by atomic mass is 9.74. The third kappa shape index (κ3) is 8.25. The van der Waals surface area contributed by atoms with Crippen molar-refractivity contribution in [2.45, 2.75) is 105 Å². The van der Waals surface area contributed by atoms with Gasteiger partial charge in [0.25, 0.3) is 15.7 Å². The van der Waals surface area contributed by atoms with Crippen LogP contribution >= 0.6 is 0 Å². The molecule has 21 heteroatoms. The lowest BCUT2D eigenvalue weighted by Gasteiger charge is -2.44. The Balaban J connectivity index is 1.68. The Labute approximate surface area is 309 Å². The number of carbonyl (C=O) groups excluding carboxylic acids is 3. The van der Waals surface area contributed by atoms with Crippen LogP contribution in [0.25, 0.3) is 0 Å². The maximum Gasteiger partial charge on any atom is 0.415 e. The predicted molar refractivity (Wildman–Crippen MR) is 179 cm³/mol. The van der Waals surface area contributed by atoms with Crippen molar-refractivity contribution in [3.8, 4) is 5.88 Å². The summed E-state index contributed by atoms with van der Waals surface area (Å²) in [7, 11) is -4.61. The fourth-order valence-electron chi connectivity index (χ4n) is 7.40. The van der Waals surface area contributed by atoms with Gasteiger partial charge in [-0.25, -0.2) is 18.0 Å². The highest BCUT2D eigenvalue weighted by atomic mass is 32.2. The summed E-state index contributed by atoms with van der Waals surface area (Å²) in [4.78, 5) is 79.6. The number of fused-ring (bicyclic) bond motifs is 1. The molecular formula is C33H43N5O15S. The van der Waals surface area contributed by atoms with Crippen molar-refractivity contribution < 1.29 is 71.5 Å². The maximum atomic E-state index is 14.4. The largest absolute Gasteiger partial charge is 0.481 e. The fraction of sp³-hybridized carbons (Fsp3) is 0.576. The van der Waals surface area contributed by atoms with Crippen LogP contribution in [0.3, 0.4) is 0 Å². The first-order chi connectivity index (χ1) is 25.5.